The summed E-state index contributed by atoms with van der Waals surface area (Å²) in [5.74, 6) is 1.20. The van der Waals surface area contributed by atoms with Gasteiger partial charge in [-0.3, -0.25) is 4.79 Å². The molecule has 0 fully saturated rings. The lowest BCUT2D eigenvalue weighted by Gasteiger charge is -2.27. The maximum atomic E-state index is 11.5. The SMILES string of the molecule is CCCN(Cc1ccc(C)cc1)c1c2c(nc3c(-c4ccc(C=O)cc4CC)c(CI)nn13)CCC2. The Morgan fingerprint density at radius 3 is 2.61 bits per heavy atom. The van der Waals surface area contributed by atoms with E-state index in [0.717, 1.165) is 83.9 Å². The molecule has 2 aromatic heterocycles. The number of carbonyl (C=O) groups is 1. The van der Waals surface area contributed by atoms with E-state index in [2.05, 4.69) is 83.1 Å². The fourth-order valence-corrected chi connectivity index (χ4v) is 5.95. The predicted molar refractivity (Wildman–Crippen MR) is 155 cm³/mol. The molecule has 0 spiro atoms. The Balaban J connectivity index is 1.74. The number of fused-ring (bicyclic) bond motifs is 2. The molecule has 0 amide bonds. The smallest absolute Gasteiger partial charge is 0.165 e. The molecular weight excluding hydrogens is 559 g/mol. The second-order valence-electron chi connectivity index (χ2n) is 9.70. The van der Waals surface area contributed by atoms with Crippen LogP contribution in [0.15, 0.2) is 42.5 Å². The van der Waals surface area contributed by atoms with Crippen molar-refractivity contribution in [3.63, 3.8) is 0 Å². The minimum Gasteiger partial charge on any atom is -0.352 e. The van der Waals surface area contributed by atoms with Gasteiger partial charge in [0.1, 0.15) is 12.1 Å². The van der Waals surface area contributed by atoms with Crippen molar-refractivity contribution in [2.45, 2.75) is 63.8 Å². The van der Waals surface area contributed by atoms with E-state index in [1.165, 1.54) is 28.2 Å². The summed E-state index contributed by atoms with van der Waals surface area (Å²) in [4.78, 5) is 19.2. The number of aldehydes is 1. The molecule has 36 heavy (non-hydrogen) atoms. The highest BCUT2D eigenvalue weighted by molar-refractivity contribution is 14.1. The number of anilines is 1. The van der Waals surface area contributed by atoms with Crippen molar-refractivity contribution in [3.05, 3.63) is 81.7 Å². The number of carbonyl (C=O) groups excluding carboxylic acids is 1. The van der Waals surface area contributed by atoms with Gasteiger partial charge in [0.2, 0.25) is 0 Å². The zero-order valence-electron chi connectivity index (χ0n) is 21.4. The van der Waals surface area contributed by atoms with E-state index in [0.29, 0.717) is 5.56 Å². The molecule has 0 unspecified atom stereocenters. The molecule has 0 aliphatic heterocycles. The number of hydrogen-bond donors (Lipinski definition) is 0. The highest BCUT2D eigenvalue weighted by atomic mass is 127. The van der Waals surface area contributed by atoms with E-state index < -0.39 is 0 Å². The number of hydrogen-bond acceptors (Lipinski definition) is 4. The first kappa shape index (κ1) is 24.9. The topological polar surface area (TPSA) is 50.5 Å². The number of aromatic nitrogens is 3. The maximum absolute atomic E-state index is 11.5. The number of aryl methyl sites for hydroxylation is 3. The highest BCUT2D eigenvalue weighted by Gasteiger charge is 2.28. The van der Waals surface area contributed by atoms with Crippen LogP contribution in [0.3, 0.4) is 0 Å². The first-order valence-electron chi connectivity index (χ1n) is 13.0. The summed E-state index contributed by atoms with van der Waals surface area (Å²) in [6.07, 6.45) is 6.03. The molecule has 2 heterocycles. The number of rotatable bonds is 9. The van der Waals surface area contributed by atoms with Crippen LogP contribution in [0.25, 0.3) is 16.8 Å². The van der Waals surface area contributed by atoms with Crippen LogP contribution in [-0.2, 0) is 30.2 Å². The van der Waals surface area contributed by atoms with Gasteiger partial charge in [-0.1, -0.05) is 78.4 Å². The third-order valence-electron chi connectivity index (χ3n) is 7.16. The average Bonchev–Trinajstić information content (AvgIpc) is 3.52. The minimum atomic E-state index is 0.713. The van der Waals surface area contributed by atoms with Crippen molar-refractivity contribution in [1.29, 1.82) is 0 Å². The van der Waals surface area contributed by atoms with E-state index in [4.69, 9.17) is 10.1 Å². The zero-order chi connectivity index (χ0) is 25.2. The molecule has 5 rings (SSSR count). The molecule has 6 heteroatoms. The number of alkyl halides is 1. The van der Waals surface area contributed by atoms with Gasteiger partial charge in [-0.2, -0.15) is 9.61 Å². The molecule has 1 aliphatic rings. The van der Waals surface area contributed by atoms with Gasteiger partial charge in [0.15, 0.2) is 5.65 Å². The van der Waals surface area contributed by atoms with Crippen LogP contribution < -0.4 is 4.90 Å². The lowest BCUT2D eigenvalue weighted by atomic mass is 9.96. The highest BCUT2D eigenvalue weighted by Crippen LogP contribution is 2.38. The molecule has 1 aliphatic carbocycles. The Morgan fingerprint density at radius 1 is 1.11 bits per heavy atom. The third-order valence-corrected chi connectivity index (χ3v) is 7.89. The van der Waals surface area contributed by atoms with Gasteiger partial charge >= 0.3 is 0 Å². The van der Waals surface area contributed by atoms with Gasteiger partial charge in [-0.25, -0.2) is 4.98 Å². The minimum absolute atomic E-state index is 0.713. The second kappa shape index (κ2) is 10.7. The lowest BCUT2D eigenvalue weighted by molar-refractivity contribution is 0.112. The van der Waals surface area contributed by atoms with E-state index >= 15 is 0 Å². The summed E-state index contributed by atoms with van der Waals surface area (Å²) in [5, 5.41) is 5.20. The Hall–Kier alpha value is -2.74. The maximum Gasteiger partial charge on any atom is 0.165 e. The summed E-state index contributed by atoms with van der Waals surface area (Å²) in [5.41, 5.74) is 11.3. The van der Waals surface area contributed by atoms with Crippen molar-refractivity contribution < 1.29 is 4.79 Å². The Bertz CT molecular complexity index is 1410. The van der Waals surface area contributed by atoms with Crippen molar-refractivity contribution in [3.8, 4) is 11.1 Å². The van der Waals surface area contributed by atoms with Gasteiger partial charge in [0.25, 0.3) is 0 Å². The summed E-state index contributed by atoms with van der Waals surface area (Å²) in [6.45, 7) is 8.33. The number of benzene rings is 2. The van der Waals surface area contributed by atoms with Crippen LogP contribution in [0.5, 0.6) is 0 Å². The molecule has 186 valence electrons. The molecule has 0 N–H and O–H groups in total. The fourth-order valence-electron chi connectivity index (χ4n) is 5.41. The Morgan fingerprint density at radius 2 is 1.92 bits per heavy atom. The van der Waals surface area contributed by atoms with Crippen LogP contribution in [0, 0.1) is 6.92 Å². The largest absolute Gasteiger partial charge is 0.352 e. The molecule has 4 aromatic rings. The first-order chi connectivity index (χ1) is 17.6. The van der Waals surface area contributed by atoms with Crippen molar-refractivity contribution >= 4 is 40.3 Å². The molecule has 0 radical (unpaired) electrons. The van der Waals surface area contributed by atoms with Crippen LogP contribution >= 0.6 is 22.6 Å². The Kier molecular flexibility index (Phi) is 7.42. The second-order valence-corrected chi connectivity index (χ2v) is 10.5. The van der Waals surface area contributed by atoms with Gasteiger partial charge in [-0.15, -0.1) is 0 Å². The molecule has 5 nitrogen and oxygen atoms in total. The zero-order valence-corrected chi connectivity index (χ0v) is 23.5. The molecule has 2 aromatic carbocycles. The molecule has 0 saturated carbocycles. The van der Waals surface area contributed by atoms with Crippen molar-refractivity contribution in [2.75, 3.05) is 11.4 Å². The number of nitrogens with zero attached hydrogens (tertiary/aromatic N) is 4. The van der Waals surface area contributed by atoms with Gasteiger partial charge in [0, 0.05) is 34.3 Å². The monoisotopic (exact) mass is 592 g/mol. The van der Waals surface area contributed by atoms with Crippen LogP contribution in [0.1, 0.15) is 70.7 Å². The van der Waals surface area contributed by atoms with Gasteiger partial charge in [0.05, 0.1) is 11.3 Å². The van der Waals surface area contributed by atoms with Crippen LogP contribution in [0.2, 0.25) is 0 Å². The van der Waals surface area contributed by atoms with Gasteiger partial charge < -0.3 is 4.90 Å². The van der Waals surface area contributed by atoms with E-state index in [1.807, 2.05) is 12.1 Å². The quantitative estimate of drug-likeness (QED) is 0.120. The third kappa shape index (κ3) is 4.56. The van der Waals surface area contributed by atoms with Crippen LogP contribution in [-0.4, -0.2) is 27.4 Å². The summed E-state index contributed by atoms with van der Waals surface area (Å²) in [7, 11) is 0. The lowest BCUT2D eigenvalue weighted by Crippen LogP contribution is -2.27. The van der Waals surface area contributed by atoms with E-state index in [-0.39, 0.29) is 0 Å². The summed E-state index contributed by atoms with van der Waals surface area (Å²) < 4.78 is 2.93. The first-order valence-corrected chi connectivity index (χ1v) is 14.5. The molecule has 0 atom stereocenters. The normalized spacial score (nSPS) is 12.8. The van der Waals surface area contributed by atoms with Gasteiger partial charge in [-0.05, 0) is 61.8 Å². The van der Waals surface area contributed by atoms with Crippen LogP contribution in [0.4, 0.5) is 5.82 Å². The molecule has 0 bridgehead atoms. The van der Waals surface area contributed by atoms with E-state index in [1.54, 1.807) is 0 Å². The number of halogens is 1. The Labute approximate surface area is 227 Å². The molecule has 0 saturated heterocycles. The standard InChI is InChI=1S/C30H33IN4O/c1-4-15-34(18-21-11-9-20(3)10-12-21)30-25-7-6-8-26(25)32-29-28(27(17-31)33-35(29)30)24-14-13-22(19-36)16-23(24)5-2/h9-14,16,19H,4-8,15,17-18H2,1-3H3. The summed E-state index contributed by atoms with van der Waals surface area (Å²) >= 11 is 2.41. The average molecular weight is 593 g/mol. The predicted octanol–water partition coefficient (Wildman–Crippen LogP) is 6.92. The van der Waals surface area contributed by atoms with Crippen molar-refractivity contribution in [1.82, 2.24) is 14.6 Å². The van der Waals surface area contributed by atoms with E-state index in [9.17, 15) is 4.79 Å². The fraction of sp³-hybridized carbons (Fsp3) is 0.367. The summed E-state index contributed by atoms with van der Waals surface area (Å²) in [6, 6.07) is 14.9. The van der Waals surface area contributed by atoms with Crippen molar-refractivity contribution in [2.24, 2.45) is 0 Å². The molecular formula is C30H33IN4O.